The maximum atomic E-state index is 13.0. The molecule has 0 aliphatic carbocycles. The average Bonchev–Trinajstić information content (AvgIpc) is 2.35. The number of hydrogen-bond acceptors (Lipinski definition) is 6. The van der Waals surface area contributed by atoms with Crippen LogP contribution in [0.25, 0.3) is 0 Å². The predicted octanol–water partition coefficient (Wildman–Crippen LogP) is 2.41. The zero-order valence-electron chi connectivity index (χ0n) is 12.2. The molecule has 24 heavy (non-hydrogen) atoms. The molecule has 0 saturated carbocycles. The SMILES string of the molecule is CCOC(=O)C1=C(OS(=O)(=O)C(F)(F)F)C[C@](C)(C(F)(F)F)OC1. The third kappa shape index (κ3) is 4.12. The first-order chi connectivity index (χ1) is 10.6. The van der Waals surface area contributed by atoms with Gasteiger partial charge in [0.25, 0.3) is 0 Å². The van der Waals surface area contributed by atoms with Crippen LogP contribution in [0.2, 0.25) is 0 Å². The first kappa shape index (κ1) is 20.5. The first-order valence-corrected chi connectivity index (χ1v) is 7.66. The molecule has 1 aliphatic rings. The van der Waals surface area contributed by atoms with Gasteiger partial charge < -0.3 is 13.7 Å². The quantitative estimate of drug-likeness (QED) is 0.320. The van der Waals surface area contributed by atoms with E-state index in [4.69, 9.17) is 0 Å². The summed E-state index contributed by atoms with van der Waals surface area (Å²) >= 11 is 0. The molecule has 0 fully saturated rings. The topological polar surface area (TPSA) is 78.9 Å². The van der Waals surface area contributed by atoms with Crippen LogP contribution in [-0.4, -0.2) is 44.9 Å². The standard InChI is InChI=1S/C11H12F6O6S/c1-3-21-8(18)6-5-22-9(2,10(12,13)14)4-7(6)23-24(19,20)11(15,16)17/h3-5H2,1-2H3/t9-/m1/s1. The number of esters is 1. The zero-order valence-corrected chi connectivity index (χ0v) is 13.1. The molecule has 1 heterocycles. The fourth-order valence-electron chi connectivity index (χ4n) is 1.61. The van der Waals surface area contributed by atoms with Gasteiger partial charge in [-0.1, -0.05) is 0 Å². The smallest absolute Gasteiger partial charge is 0.462 e. The van der Waals surface area contributed by atoms with E-state index in [1.54, 1.807) is 0 Å². The van der Waals surface area contributed by atoms with E-state index in [0.29, 0.717) is 6.92 Å². The molecular formula is C11H12F6O6S. The van der Waals surface area contributed by atoms with Gasteiger partial charge >= 0.3 is 27.8 Å². The Morgan fingerprint density at radius 3 is 2.21 bits per heavy atom. The zero-order chi connectivity index (χ0) is 19.0. The molecule has 1 aliphatic heterocycles. The van der Waals surface area contributed by atoms with E-state index in [9.17, 15) is 39.6 Å². The Morgan fingerprint density at radius 1 is 1.25 bits per heavy atom. The van der Waals surface area contributed by atoms with Gasteiger partial charge in [0.05, 0.1) is 13.2 Å². The van der Waals surface area contributed by atoms with Gasteiger partial charge in [0.1, 0.15) is 11.3 Å². The lowest BCUT2D eigenvalue weighted by atomic mass is 9.95. The Labute approximate surface area is 132 Å². The number of carbonyl (C=O) groups is 1. The maximum Gasteiger partial charge on any atom is 0.534 e. The number of rotatable bonds is 4. The lowest BCUT2D eigenvalue weighted by molar-refractivity contribution is -0.273. The third-order valence-electron chi connectivity index (χ3n) is 2.98. The molecule has 1 rings (SSSR count). The molecular weight excluding hydrogens is 374 g/mol. The van der Waals surface area contributed by atoms with Crippen molar-refractivity contribution in [2.45, 2.75) is 37.6 Å². The predicted molar refractivity (Wildman–Crippen MR) is 64.7 cm³/mol. The first-order valence-electron chi connectivity index (χ1n) is 6.25. The van der Waals surface area contributed by atoms with Crippen LogP contribution in [0.1, 0.15) is 20.3 Å². The second-order valence-corrected chi connectivity index (χ2v) is 6.34. The average molecular weight is 386 g/mol. The highest BCUT2D eigenvalue weighted by atomic mass is 32.2. The number of alkyl halides is 6. The summed E-state index contributed by atoms with van der Waals surface area (Å²) in [6.07, 6.45) is -6.50. The van der Waals surface area contributed by atoms with Gasteiger partial charge in [0, 0.05) is 6.42 Å². The van der Waals surface area contributed by atoms with E-state index in [0.717, 1.165) is 0 Å². The fourth-order valence-corrected chi connectivity index (χ4v) is 2.13. The summed E-state index contributed by atoms with van der Waals surface area (Å²) in [5.74, 6) is -2.66. The van der Waals surface area contributed by atoms with E-state index in [1.807, 2.05) is 0 Å². The molecule has 140 valence electrons. The van der Waals surface area contributed by atoms with Crippen molar-refractivity contribution in [1.82, 2.24) is 0 Å². The van der Waals surface area contributed by atoms with Crippen LogP contribution in [0.3, 0.4) is 0 Å². The maximum absolute atomic E-state index is 13.0. The van der Waals surface area contributed by atoms with Crippen molar-refractivity contribution in [3.05, 3.63) is 11.3 Å². The molecule has 1 atom stereocenters. The van der Waals surface area contributed by atoms with Crippen LogP contribution in [-0.2, 0) is 28.6 Å². The largest absolute Gasteiger partial charge is 0.534 e. The number of carbonyl (C=O) groups excluding carboxylic acids is 1. The van der Waals surface area contributed by atoms with E-state index >= 15 is 0 Å². The van der Waals surface area contributed by atoms with Gasteiger partial charge in [-0.2, -0.15) is 34.8 Å². The lowest BCUT2D eigenvalue weighted by Crippen LogP contribution is -2.49. The van der Waals surface area contributed by atoms with Gasteiger partial charge in [0.2, 0.25) is 0 Å². The van der Waals surface area contributed by atoms with Crippen LogP contribution < -0.4 is 0 Å². The fraction of sp³-hybridized carbons (Fsp3) is 0.727. The van der Waals surface area contributed by atoms with Crippen LogP contribution in [0.4, 0.5) is 26.3 Å². The minimum absolute atomic E-state index is 0.252. The van der Waals surface area contributed by atoms with Crippen molar-refractivity contribution < 1.29 is 53.2 Å². The summed E-state index contributed by atoms with van der Waals surface area (Å²) in [4.78, 5) is 11.6. The Bertz CT molecular complexity index is 634. The molecule has 0 N–H and O–H groups in total. The van der Waals surface area contributed by atoms with Crippen molar-refractivity contribution in [2.75, 3.05) is 13.2 Å². The second-order valence-electron chi connectivity index (χ2n) is 4.80. The molecule has 13 heteroatoms. The Kier molecular flexibility index (Phi) is 5.50. The molecule has 0 bridgehead atoms. The minimum Gasteiger partial charge on any atom is -0.462 e. The summed E-state index contributed by atoms with van der Waals surface area (Å²) in [5.41, 5.74) is -9.78. The summed E-state index contributed by atoms with van der Waals surface area (Å²) in [6.45, 7) is 0.434. The van der Waals surface area contributed by atoms with Crippen molar-refractivity contribution in [2.24, 2.45) is 0 Å². The number of ether oxygens (including phenoxy) is 2. The summed E-state index contributed by atoms with van der Waals surface area (Å²) in [7, 11) is -6.26. The second kappa shape index (κ2) is 6.43. The van der Waals surface area contributed by atoms with Gasteiger partial charge in [-0.05, 0) is 13.8 Å². The monoisotopic (exact) mass is 386 g/mol. The summed E-state index contributed by atoms with van der Waals surface area (Å²) in [5, 5.41) is 0. The van der Waals surface area contributed by atoms with Crippen molar-refractivity contribution in [1.29, 1.82) is 0 Å². The van der Waals surface area contributed by atoms with E-state index in [-0.39, 0.29) is 6.61 Å². The highest BCUT2D eigenvalue weighted by Crippen LogP contribution is 2.43. The molecule has 0 saturated heterocycles. The van der Waals surface area contributed by atoms with Crippen molar-refractivity contribution >= 4 is 16.1 Å². The van der Waals surface area contributed by atoms with Crippen molar-refractivity contribution in [3.63, 3.8) is 0 Å². The number of halogens is 6. The third-order valence-corrected chi connectivity index (χ3v) is 3.97. The van der Waals surface area contributed by atoms with E-state index in [1.165, 1.54) is 6.92 Å². The molecule has 0 unspecified atom stereocenters. The summed E-state index contributed by atoms with van der Waals surface area (Å²) in [6, 6.07) is 0. The van der Waals surface area contributed by atoms with Gasteiger partial charge in [0.15, 0.2) is 5.60 Å². The molecule has 0 aromatic carbocycles. The molecule has 6 nitrogen and oxygen atoms in total. The highest BCUT2D eigenvalue weighted by Gasteiger charge is 2.57. The highest BCUT2D eigenvalue weighted by molar-refractivity contribution is 7.87. The van der Waals surface area contributed by atoms with Gasteiger partial charge in [-0.15, -0.1) is 0 Å². The molecule has 0 aromatic heterocycles. The molecule has 0 spiro atoms. The van der Waals surface area contributed by atoms with Crippen LogP contribution >= 0.6 is 0 Å². The van der Waals surface area contributed by atoms with E-state index < -0.39 is 57.7 Å². The Morgan fingerprint density at radius 2 is 1.79 bits per heavy atom. The molecule has 0 radical (unpaired) electrons. The van der Waals surface area contributed by atoms with Crippen LogP contribution in [0.5, 0.6) is 0 Å². The lowest BCUT2D eigenvalue weighted by Gasteiger charge is -2.36. The van der Waals surface area contributed by atoms with Gasteiger partial charge in [-0.3, -0.25) is 0 Å². The number of hydrogen-bond donors (Lipinski definition) is 0. The van der Waals surface area contributed by atoms with Crippen molar-refractivity contribution in [3.8, 4) is 0 Å². The summed E-state index contributed by atoms with van der Waals surface area (Å²) < 4.78 is 111. The molecule has 0 amide bonds. The Hall–Kier alpha value is -1.50. The van der Waals surface area contributed by atoms with Crippen LogP contribution in [0, 0.1) is 0 Å². The normalized spacial score (nSPS) is 23.2. The van der Waals surface area contributed by atoms with E-state index in [2.05, 4.69) is 13.7 Å². The van der Waals surface area contributed by atoms with Crippen LogP contribution in [0.15, 0.2) is 11.3 Å². The molecule has 0 aromatic rings. The minimum atomic E-state index is -6.26. The van der Waals surface area contributed by atoms with Gasteiger partial charge in [-0.25, -0.2) is 4.79 Å². The Balaban J connectivity index is 3.33.